The first-order chi connectivity index (χ1) is 15.0. The maximum Gasteiger partial charge on any atom is 1.00 e. The van der Waals surface area contributed by atoms with Gasteiger partial charge in [0, 0.05) is 5.69 Å². The molecule has 1 aliphatic heterocycles. The minimum Gasteiger partial charge on any atom is -0.548 e. The van der Waals surface area contributed by atoms with Crippen LogP contribution in [0.2, 0.25) is 0 Å². The Bertz CT molecular complexity index is 922. The van der Waals surface area contributed by atoms with Gasteiger partial charge < -0.3 is 19.5 Å². The molecule has 0 saturated carbocycles. The number of hydrogen-bond acceptors (Lipinski definition) is 6. The SMILES string of the molecule is CCOC(=O)C(CCc1ccccc1)NCC(=O)N1c2ccccc2CCC1C(=O)[O-].[Na+]. The number of aryl methyl sites for hydroxylation is 2. The number of carboxylic acids is 1. The molecule has 0 fully saturated rings. The molecule has 3 rings (SSSR count). The second-order valence-corrected chi connectivity index (χ2v) is 7.48. The molecule has 164 valence electrons. The van der Waals surface area contributed by atoms with E-state index in [0.717, 1.165) is 11.1 Å². The zero-order chi connectivity index (χ0) is 22.2. The Hall–Kier alpha value is -2.19. The van der Waals surface area contributed by atoms with Crippen molar-refractivity contribution < 1.29 is 53.8 Å². The van der Waals surface area contributed by atoms with Gasteiger partial charge in [-0.3, -0.25) is 14.9 Å². The Balaban J connectivity index is 0.00000363. The summed E-state index contributed by atoms with van der Waals surface area (Å²) in [6.07, 6.45) is 1.95. The number of esters is 1. The predicted molar refractivity (Wildman–Crippen MR) is 114 cm³/mol. The summed E-state index contributed by atoms with van der Waals surface area (Å²) < 4.78 is 5.16. The number of carbonyl (C=O) groups is 3. The van der Waals surface area contributed by atoms with Gasteiger partial charge in [-0.15, -0.1) is 0 Å². The molecule has 1 aliphatic rings. The molecular formula is C24H27N2NaO5. The van der Waals surface area contributed by atoms with Crippen LogP contribution in [0, 0.1) is 0 Å². The van der Waals surface area contributed by atoms with Crippen molar-refractivity contribution in [2.45, 2.75) is 44.7 Å². The van der Waals surface area contributed by atoms with Crippen LogP contribution in [0.25, 0.3) is 0 Å². The topological polar surface area (TPSA) is 98.8 Å². The zero-order valence-electron chi connectivity index (χ0n) is 18.6. The molecule has 2 aromatic rings. The van der Waals surface area contributed by atoms with Crippen LogP contribution in [-0.2, 0) is 32.0 Å². The van der Waals surface area contributed by atoms with E-state index < -0.39 is 29.9 Å². The number of ether oxygens (including phenoxy) is 1. The Morgan fingerprint density at radius 2 is 1.81 bits per heavy atom. The molecule has 2 aromatic carbocycles. The number of hydrogen-bond donors (Lipinski definition) is 1. The summed E-state index contributed by atoms with van der Waals surface area (Å²) in [4.78, 5) is 38.4. The van der Waals surface area contributed by atoms with Crippen LogP contribution < -0.4 is 44.9 Å². The average Bonchev–Trinajstić information content (AvgIpc) is 2.78. The molecule has 1 amide bonds. The van der Waals surface area contributed by atoms with E-state index in [0.29, 0.717) is 31.4 Å². The summed E-state index contributed by atoms with van der Waals surface area (Å²) in [5.74, 6) is -2.13. The monoisotopic (exact) mass is 446 g/mol. The Kier molecular flexibility index (Phi) is 10.4. The van der Waals surface area contributed by atoms with Gasteiger partial charge in [0.05, 0.1) is 25.2 Å². The summed E-state index contributed by atoms with van der Waals surface area (Å²) in [6.45, 7) is 1.78. The second kappa shape index (κ2) is 12.7. The van der Waals surface area contributed by atoms with Crippen molar-refractivity contribution in [2.24, 2.45) is 0 Å². The molecule has 2 atom stereocenters. The molecule has 0 aliphatic carbocycles. The van der Waals surface area contributed by atoms with Crippen LogP contribution in [0.4, 0.5) is 5.69 Å². The van der Waals surface area contributed by atoms with E-state index in [-0.39, 0.29) is 42.7 Å². The van der Waals surface area contributed by atoms with Crippen LogP contribution in [0.5, 0.6) is 0 Å². The van der Waals surface area contributed by atoms with E-state index >= 15 is 0 Å². The zero-order valence-corrected chi connectivity index (χ0v) is 20.6. The summed E-state index contributed by atoms with van der Waals surface area (Å²) >= 11 is 0. The van der Waals surface area contributed by atoms with Crippen molar-refractivity contribution in [3.63, 3.8) is 0 Å². The van der Waals surface area contributed by atoms with Crippen LogP contribution in [0.1, 0.15) is 30.9 Å². The molecule has 0 aromatic heterocycles. The molecule has 32 heavy (non-hydrogen) atoms. The van der Waals surface area contributed by atoms with Gasteiger partial charge in [0.1, 0.15) is 6.04 Å². The summed E-state index contributed by atoms with van der Waals surface area (Å²) in [5.41, 5.74) is 2.57. The fraction of sp³-hybridized carbons (Fsp3) is 0.375. The third-order valence-electron chi connectivity index (χ3n) is 5.43. The normalized spacial score (nSPS) is 15.8. The van der Waals surface area contributed by atoms with Gasteiger partial charge >= 0.3 is 35.5 Å². The van der Waals surface area contributed by atoms with Gasteiger partial charge in [-0.2, -0.15) is 0 Å². The van der Waals surface area contributed by atoms with Crippen LogP contribution in [0.3, 0.4) is 0 Å². The largest absolute Gasteiger partial charge is 1.00 e. The quantitative estimate of drug-likeness (QED) is 0.362. The van der Waals surface area contributed by atoms with E-state index in [2.05, 4.69) is 5.32 Å². The Morgan fingerprint density at radius 3 is 2.50 bits per heavy atom. The Morgan fingerprint density at radius 1 is 1.12 bits per heavy atom. The van der Waals surface area contributed by atoms with Gasteiger partial charge in [-0.1, -0.05) is 48.5 Å². The molecule has 8 heteroatoms. The van der Waals surface area contributed by atoms with Crippen molar-refractivity contribution in [3.05, 3.63) is 65.7 Å². The van der Waals surface area contributed by atoms with Crippen molar-refractivity contribution in [3.8, 4) is 0 Å². The number of anilines is 1. The minimum absolute atomic E-state index is 0. The first-order valence-corrected chi connectivity index (χ1v) is 10.6. The summed E-state index contributed by atoms with van der Waals surface area (Å²) in [7, 11) is 0. The second-order valence-electron chi connectivity index (χ2n) is 7.48. The molecule has 0 bridgehead atoms. The van der Waals surface area contributed by atoms with Crippen molar-refractivity contribution >= 4 is 23.5 Å². The number of para-hydroxylation sites is 1. The molecule has 0 radical (unpaired) electrons. The maximum absolute atomic E-state index is 13.1. The first-order valence-electron chi connectivity index (χ1n) is 10.6. The van der Waals surface area contributed by atoms with Gasteiger partial charge in [0.2, 0.25) is 5.91 Å². The predicted octanol–water partition coefficient (Wildman–Crippen LogP) is -1.76. The fourth-order valence-corrected chi connectivity index (χ4v) is 3.88. The molecule has 0 saturated heterocycles. The van der Waals surface area contributed by atoms with Crippen molar-refractivity contribution in [2.75, 3.05) is 18.1 Å². The molecule has 7 nitrogen and oxygen atoms in total. The van der Waals surface area contributed by atoms with Gasteiger partial charge in [-0.05, 0) is 49.8 Å². The minimum atomic E-state index is -1.28. The van der Waals surface area contributed by atoms with Crippen molar-refractivity contribution in [1.82, 2.24) is 5.32 Å². The third kappa shape index (κ3) is 6.65. The fourth-order valence-electron chi connectivity index (χ4n) is 3.88. The number of aliphatic carboxylic acids is 1. The van der Waals surface area contributed by atoms with Gasteiger partial charge in [0.25, 0.3) is 0 Å². The number of fused-ring (bicyclic) bond motifs is 1. The van der Waals surface area contributed by atoms with Gasteiger partial charge in [0.15, 0.2) is 0 Å². The number of rotatable bonds is 9. The van der Waals surface area contributed by atoms with E-state index in [4.69, 9.17) is 4.74 Å². The number of nitrogens with one attached hydrogen (secondary N) is 1. The Labute approximate surface area is 210 Å². The van der Waals surface area contributed by atoms with E-state index in [1.54, 1.807) is 19.1 Å². The standard InChI is InChI=1S/C24H28N2O5.Na/c1-2-31-24(30)19(14-12-17-8-4-3-5-9-17)25-16-22(27)26-20-11-7-6-10-18(20)13-15-21(26)23(28)29;/h3-11,19,21,25H,2,12-16H2,1H3,(H,28,29);/q;+1/p-1. The first kappa shape index (κ1) is 26.1. The number of benzene rings is 2. The smallest absolute Gasteiger partial charge is 0.548 e. The third-order valence-corrected chi connectivity index (χ3v) is 5.43. The van der Waals surface area contributed by atoms with Gasteiger partial charge in [-0.25, -0.2) is 0 Å². The molecular weight excluding hydrogens is 419 g/mol. The van der Waals surface area contributed by atoms with Crippen LogP contribution >= 0.6 is 0 Å². The molecule has 2 unspecified atom stereocenters. The van der Waals surface area contributed by atoms with E-state index in [1.807, 2.05) is 42.5 Å². The molecule has 0 spiro atoms. The summed E-state index contributed by atoms with van der Waals surface area (Å²) in [5, 5.41) is 14.7. The average molecular weight is 446 g/mol. The van der Waals surface area contributed by atoms with Crippen LogP contribution in [-0.4, -0.2) is 43.1 Å². The number of carbonyl (C=O) groups excluding carboxylic acids is 3. The van der Waals surface area contributed by atoms with Crippen molar-refractivity contribution in [1.29, 1.82) is 0 Å². The summed E-state index contributed by atoms with van der Waals surface area (Å²) in [6, 6.07) is 15.3. The van der Waals surface area contributed by atoms with E-state index in [1.165, 1.54) is 4.90 Å². The van der Waals surface area contributed by atoms with E-state index in [9.17, 15) is 19.5 Å². The molecule has 1 heterocycles. The number of amides is 1. The van der Waals surface area contributed by atoms with Crippen LogP contribution in [0.15, 0.2) is 54.6 Å². The molecule has 1 N–H and O–H groups in total. The maximum atomic E-state index is 13.1. The number of carboxylic acid groups (broad SMARTS) is 1. The number of nitrogens with zero attached hydrogens (tertiary/aromatic N) is 1.